The van der Waals surface area contributed by atoms with Crippen LogP contribution < -0.4 is 10.6 Å². The molecule has 0 unspecified atom stereocenters. The number of anilines is 2. The van der Waals surface area contributed by atoms with Crippen LogP contribution in [0.2, 0.25) is 0 Å². The molecule has 2 aromatic rings. The third kappa shape index (κ3) is 4.06. The number of pyridine rings is 1. The van der Waals surface area contributed by atoms with Crippen LogP contribution >= 0.6 is 15.9 Å². The molecule has 0 aliphatic heterocycles. The van der Waals surface area contributed by atoms with Crippen LogP contribution in [0.15, 0.2) is 47.2 Å². The van der Waals surface area contributed by atoms with E-state index in [0.717, 1.165) is 15.8 Å². The summed E-state index contributed by atoms with van der Waals surface area (Å²) in [6.07, 6.45) is 3.26. The monoisotopic (exact) mass is 333 g/mol. The van der Waals surface area contributed by atoms with Gasteiger partial charge in [-0.15, -0.1) is 0 Å². The number of amides is 1. The molecule has 0 aliphatic carbocycles. The average Bonchev–Trinajstić information content (AvgIpc) is 2.38. The van der Waals surface area contributed by atoms with Gasteiger partial charge in [-0.3, -0.25) is 9.78 Å². The number of benzene rings is 1. The maximum Gasteiger partial charge on any atom is 0.257 e. The molecule has 0 saturated heterocycles. The summed E-state index contributed by atoms with van der Waals surface area (Å²) in [5.74, 6) is -0.178. The highest BCUT2D eigenvalue weighted by Crippen LogP contribution is 2.17. The second kappa shape index (κ2) is 6.52. The van der Waals surface area contributed by atoms with Crippen LogP contribution in [0.1, 0.15) is 24.2 Å². The molecule has 0 aliphatic rings. The summed E-state index contributed by atoms with van der Waals surface area (Å²) in [6, 6.07) is 9.55. The minimum atomic E-state index is -0.178. The molecule has 2 rings (SSSR count). The van der Waals surface area contributed by atoms with Crippen molar-refractivity contribution in [1.29, 1.82) is 0 Å². The normalized spacial score (nSPS) is 10.4. The number of nitrogens with one attached hydrogen (secondary N) is 2. The van der Waals surface area contributed by atoms with Crippen LogP contribution in [0.3, 0.4) is 0 Å². The van der Waals surface area contributed by atoms with Gasteiger partial charge in [-0.05, 0) is 38.1 Å². The Morgan fingerprint density at radius 1 is 1.20 bits per heavy atom. The van der Waals surface area contributed by atoms with Crippen LogP contribution in [0.5, 0.6) is 0 Å². The van der Waals surface area contributed by atoms with Gasteiger partial charge in [0.1, 0.15) is 0 Å². The van der Waals surface area contributed by atoms with E-state index < -0.39 is 0 Å². The fourth-order valence-corrected chi connectivity index (χ4v) is 2.15. The number of aromatic nitrogens is 1. The van der Waals surface area contributed by atoms with Crippen LogP contribution in [-0.4, -0.2) is 16.9 Å². The van der Waals surface area contributed by atoms with Gasteiger partial charge >= 0.3 is 0 Å². The lowest BCUT2D eigenvalue weighted by Gasteiger charge is -2.11. The Bertz CT molecular complexity index is 614. The van der Waals surface area contributed by atoms with Gasteiger partial charge < -0.3 is 10.6 Å². The van der Waals surface area contributed by atoms with Gasteiger partial charge in [-0.1, -0.05) is 22.0 Å². The topological polar surface area (TPSA) is 54.0 Å². The van der Waals surface area contributed by atoms with Gasteiger partial charge in [-0.25, -0.2) is 0 Å². The summed E-state index contributed by atoms with van der Waals surface area (Å²) < 4.78 is 0.920. The minimum Gasteiger partial charge on any atom is -0.382 e. The van der Waals surface area contributed by atoms with Crippen molar-refractivity contribution in [2.75, 3.05) is 10.6 Å². The van der Waals surface area contributed by atoms with E-state index >= 15 is 0 Å². The summed E-state index contributed by atoms with van der Waals surface area (Å²) in [6.45, 7) is 4.07. The molecule has 1 aromatic carbocycles. The van der Waals surface area contributed by atoms with E-state index in [4.69, 9.17) is 0 Å². The van der Waals surface area contributed by atoms with E-state index in [1.165, 1.54) is 0 Å². The molecule has 1 amide bonds. The summed E-state index contributed by atoms with van der Waals surface area (Å²) >= 11 is 3.37. The Labute approximate surface area is 126 Å². The molecule has 0 saturated carbocycles. The smallest absolute Gasteiger partial charge is 0.257 e. The fraction of sp³-hybridized carbons (Fsp3) is 0.200. The largest absolute Gasteiger partial charge is 0.382 e. The van der Waals surface area contributed by atoms with Crippen LogP contribution in [0, 0.1) is 0 Å². The second-order valence-corrected chi connectivity index (χ2v) is 5.64. The summed E-state index contributed by atoms with van der Waals surface area (Å²) in [4.78, 5) is 16.3. The maximum atomic E-state index is 12.2. The lowest BCUT2D eigenvalue weighted by Crippen LogP contribution is -2.14. The molecule has 1 heterocycles. The zero-order chi connectivity index (χ0) is 14.5. The SMILES string of the molecule is CC(C)Nc1cncc(C(=O)Nc2cccc(Br)c2)c1. The Morgan fingerprint density at radius 2 is 2.00 bits per heavy atom. The number of hydrogen-bond donors (Lipinski definition) is 2. The molecule has 20 heavy (non-hydrogen) atoms. The highest BCUT2D eigenvalue weighted by molar-refractivity contribution is 9.10. The highest BCUT2D eigenvalue weighted by atomic mass is 79.9. The van der Waals surface area contributed by atoms with E-state index in [0.29, 0.717) is 11.6 Å². The molecule has 4 nitrogen and oxygen atoms in total. The zero-order valence-corrected chi connectivity index (χ0v) is 12.9. The average molecular weight is 334 g/mol. The third-order valence-electron chi connectivity index (χ3n) is 2.54. The molecule has 0 fully saturated rings. The van der Waals surface area contributed by atoms with Gasteiger partial charge in [0, 0.05) is 28.6 Å². The first-order valence-corrected chi connectivity index (χ1v) is 7.12. The number of nitrogens with zero attached hydrogens (tertiary/aromatic N) is 1. The first-order valence-electron chi connectivity index (χ1n) is 6.33. The predicted octanol–water partition coefficient (Wildman–Crippen LogP) is 3.92. The first kappa shape index (κ1) is 14.5. The van der Waals surface area contributed by atoms with Crippen molar-refractivity contribution in [3.8, 4) is 0 Å². The van der Waals surface area contributed by atoms with Crippen molar-refractivity contribution >= 4 is 33.2 Å². The molecule has 2 N–H and O–H groups in total. The number of carbonyl (C=O) groups is 1. The molecule has 0 atom stereocenters. The van der Waals surface area contributed by atoms with Crippen molar-refractivity contribution in [3.05, 3.63) is 52.8 Å². The number of hydrogen-bond acceptors (Lipinski definition) is 3. The fourth-order valence-electron chi connectivity index (χ4n) is 1.75. The van der Waals surface area contributed by atoms with Gasteiger partial charge in [0.05, 0.1) is 11.3 Å². The molecule has 104 valence electrons. The summed E-state index contributed by atoms with van der Waals surface area (Å²) in [5.41, 5.74) is 2.10. The molecule has 5 heteroatoms. The van der Waals surface area contributed by atoms with E-state index in [1.807, 2.05) is 38.1 Å². The first-order chi connectivity index (χ1) is 9.54. The molecule has 1 aromatic heterocycles. The van der Waals surface area contributed by atoms with Crippen LogP contribution in [-0.2, 0) is 0 Å². The third-order valence-corrected chi connectivity index (χ3v) is 3.03. The Kier molecular flexibility index (Phi) is 4.74. The molecule has 0 bridgehead atoms. The Hall–Kier alpha value is -1.88. The van der Waals surface area contributed by atoms with Gasteiger partial charge in [0.2, 0.25) is 0 Å². The second-order valence-electron chi connectivity index (χ2n) is 4.73. The summed E-state index contributed by atoms with van der Waals surface area (Å²) in [5, 5.41) is 6.07. The minimum absolute atomic E-state index is 0.178. The standard InChI is InChI=1S/C15H16BrN3O/c1-10(2)18-14-6-11(8-17-9-14)15(20)19-13-5-3-4-12(16)7-13/h3-10,18H,1-2H3,(H,19,20). The van der Waals surface area contributed by atoms with E-state index in [9.17, 15) is 4.79 Å². The van der Waals surface area contributed by atoms with E-state index in [2.05, 4.69) is 31.5 Å². The lowest BCUT2D eigenvalue weighted by atomic mass is 10.2. The Morgan fingerprint density at radius 3 is 2.70 bits per heavy atom. The van der Waals surface area contributed by atoms with Gasteiger partial charge in [0.25, 0.3) is 5.91 Å². The molecular formula is C15H16BrN3O. The maximum absolute atomic E-state index is 12.2. The van der Waals surface area contributed by atoms with Crippen molar-refractivity contribution in [3.63, 3.8) is 0 Å². The summed E-state index contributed by atoms with van der Waals surface area (Å²) in [7, 11) is 0. The van der Waals surface area contributed by atoms with E-state index in [-0.39, 0.29) is 5.91 Å². The van der Waals surface area contributed by atoms with Gasteiger partial charge in [-0.2, -0.15) is 0 Å². The zero-order valence-electron chi connectivity index (χ0n) is 11.4. The quantitative estimate of drug-likeness (QED) is 0.891. The highest BCUT2D eigenvalue weighted by Gasteiger charge is 2.08. The van der Waals surface area contributed by atoms with Crippen molar-refractivity contribution in [1.82, 2.24) is 4.98 Å². The predicted molar refractivity (Wildman–Crippen MR) is 85.1 cm³/mol. The number of halogens is 1. The molecular weight excluding hydrogens is 318 g/mol. The van der Waals surface area contributed by atoms with Crippen LogP contribution in [0.4, 0.5) is 11.4 Å². The number of carbonyl (C=O) groups excluding carboxylic acids is 1. The molecule has 0 radical (unpaired) electrons. The van der Waals surface area contributed by atoms with Crippen molar-refractivity contribution < 1.29 is 4.79 Å². The van der Waals surface area contributed by atoms with Crippen molar-refractivity contribution in [2.45, 2.75) is 19.9 Å². The van der Waals surface area contributed by atoms with Crippen molar-refractivity contribution in [2.24, 2.45) is 0 Å². The number of rotatable bonds is 4. The van der Waals surface area contributed by atoms with E-state index in [1.54, 1.807) is 18.5 Å². The lowest BCUT2D eigenvalue weighted by molar-refractivity contribution is 0.102. The molecule has 0 spiro atoms. The van der Waals surface area contributed by atoms with Gasteiger partial charge in [0.15, 0.2) is 0 Å². The van der Waals surface area contributed by atoms with Crippen LogP contribution in [0.25, 0.3) is 0 Å². The Balaban J connectivity index is 2.13.